The number of benzene rings is 2. The van der Waals surface area contributed by atoms with E-state index in [-0.39, 0.29) is 11.9 Å². The Kier molecular flexibility index (Phi) is 3.80. The predicted molar refractivity (Wildman–Crippen MR) is 83.1 cm³/mol. The maximum Gasteiger partial charge on any atom is 0.139 e. The summed E-state index contributed by atoms with van der Waals surface area (Å²) < 4.78 is 14.0. The van der Waals surface area contributed by atoms with Gasteiger partial charge in [0.05, 0.1) is 10.5 Å². The van der Waals surface area contributed by atoms with Gasteiger partial charge < -0.3 is 5.32 Å². The molecular formula is C15H13BrFNS. The molecule has 0 saturated carbocycles. The molecule has 1 aliphatic heterocycles. The van der Waals surface area contributed by atoms with Crippen molar-refractivity contribution in [1.29, 1.82) is 0 Å². The Bertz CT molecular complexity index is 602. The van der Waals surface area contributed by atoms with Gasteiger partial charge in [-0.15, -0.1) is 0 Å². The molecule has 19 heavy (non-hydrogen) atoms. The van der Waals surface area contributed by atoms with E-state index < -0.39 is 0 Å². The van der Waals surface area contributed by atoms with E-state index in [0.29, 0.717) is 4.47 Å². The number of hydrogen-bond donors (Lipinski definition) is 1. The van der Waals surface area contributed by atoms with Crippen LogP contribution in [0.25, 0.3) is 0 Å². The number of fused-ring (bicyclic) bond motifs is 1. The fraction of sp³-hybridized carbons (Fsp3) is 0.200. The first-order chi connectivity index (χ1) is 9.24. The zero-order valence-corrected chi connectivity index (χ0v) is 12.6. The van der Waals surface area contributed by atoms with Crippen LogP contribution in [0.2, 0.25) is 0 Å². The van der Waals surface area contributed by atoms with Crippen molar-refractivity contribution in [1.82, 2.24) is 0 Å². The van der Waals surface area contributed by atoms with Gasteiger partial charge in [-0.1, -0.05) is 24.3 Å². The summed E-state index contributed by atoms with van der Waals surface area (Å²) in [5.41, 5.74) is 3.52. The minimum atomic E-state index is -0.234. The van der Waals surface area contributed by atoms with Crippen molar-refractivity contribution in [2.45, 2.75) is 11.8 Å². The molecule has 1 N–H and O–H groups in total. The summed E-state index contributed by atoms with van der Waals surface area (Å²) in [6.07, 6.45) is 0. The molecule has 1 aliphatic rings. The molecule has 1 nitrogen and oxygen atoms in total. The molecule has 0 aromatic heterocycles. The second-order valence-electron chi connectivity index (χ2n) is 4.54. The smallest absolute Gasteiger partial charge is 0.139 e. The first-order valence-corrected chi connectivity index (χ1v) is 8.06. The molecule has 0 saturated heterocycles. The van der Waals surface area contributed by atoms with Gasteiger partial charge in [0.2, 0.25) is 0 Å². The van der Waals surface area contributed by atoms with Gasteiger partial charge in [0, 0.05) is 17.2 Å². The lowest BCUT2D eigenvalue weighted by atomic mass is 10.0. The highest BCUT2D eigenvalue weighted by atomic mass is 79.9. The molecule has 0 spiro atoms. The first kappa shape index (κ1) is 13.0. The number of halogens is 2. The zero-order valence-electron chi connectivity index (χ0n) is 10.2. The van der Waals surface area contributed by atoms with Gasteiger partial charge in [-0.25, -0.2) is 4.39 Å². The average Bonchev–Trinajstić information content (AvgIpc) is 2.43. The van der Waals surface area contributed by atoms with Crippen molar-refractivity contribution in [3.8, 4) is 0 Å². The summed E-state index contributed by atoms with van der Waals surface area (Å²) in [4.78, 5) is 0. The fourth-order valence-corrected chi connectivity index (χ4v) is 3.63. The lowest BCUT2D eigenvalue weighted by Gasteiger charge is -2.27. The Morgan fingerprint density at radius 1 is 1.21 bits per heavy atom. The normalized spacial score (nSPS) is 17.9. The average molecular weight is 338 g/mol. The Morgan fingerprint density at radius 2 is 2.05 bits per heavy atom. The summed E-state index contributed by atoms with van der Waals surface area (Å²) in [5, 5.41) is 3.42. The Labute approximate surface area is 124 Å². The van der Waals surface area contributed by atoms with Gasteiger partial charge >= 0.3 is 0 Å². The topological polar surface area (TPSA) is 12.0 Å². The van der Waals surface area contributed by atoms with Gasteiger partial charge in [0.25, 0.3) is 0 Å². The fourth-order valence-electron chi connectivity index (χ4n) is 2.29. The highest BCUT2D eigenvalue weighted by molar-refractivity contribution is 9.10. The summed E-state index contributed by atoms with van der Waals surface area (Å²) in [6, 6.07) is 13.9. The number of nitrogens with one attached hydrogen (secondary N) is 1. The van der Waals surface area contributed by atoms with E-state index in [4.69, 9.17) is 0 Å². The molecule has 98 valence electrons. The van der Waals surface area contributed by atoms with Crippen molar-refractivity contribution < 1.29 is 4.39 Å². The molecule has 2 aromatic carbocycles. The van der Waals surface area contributed by atoms with Crippen LogP contribution in [0.1, 0.15) is 17.2 Å². The third kappa shape index (κ3) is 2.79. The Balaban J connectivity index is 1.86. The molecule has 3 rings (SSSR count). The van der Waals surface area contributed by atoms with Crippen LogP contribution in [-0.2, 0) is 5.75 Å². The molecular weight excluding hydrogens is 325 g/mol. The van der Waals surface area contributed by atoms with Crippen LogP contribution < -0.4 is 5.32 Å². The number of thioether (sulfide) groups is 1. The van der Waals surface area contributed by atoms with Crippen LogP contribution in [-0.4, -0.2) is 5.75 Å². The van der Waals surface area contributed by atoms with Crippen molar-refractivity contribution in [2.75, 3.05) is 11.1 Å². The second kappa shape index (κ2) is 5.55. The van der Waals surface area contributed by atoms with Gasteiger partial charge in [-0.3, -0.25) is 0 Å². The summed E-state index contributed by atoms with van der Waals surface area (Å²) in [5.74, 6) is 1.83. The summed E-state index contributed by atoms with van der Waals surface area (Å²) in [7, 11) is 0. The number of anilines is 1. The highest BCUT2D eigenvalue weighted by Crippen LogP contribution is 2.34. The molecule has 2 aromatic rings. The van der Waals surface area contributed by atoms with Crippen LogP contribution in [0, 0.1) is 5.82 Å². The molecule has 0 radical (unpaired) electrons. The van der Waals surface area contributed by atoms with E-state index in [0.717, 1.165) is 17.2 Å². The number of hydrogen-bond acceptors (Lipinski definition) is 2. The standard InChI is InChI=1S/C15H13BrFNS/c16-13-6-5-11(7-14(13)17)18-15-9-19-8-10-3-1-2-4-12(10)15/h1-7,15,18H,8-9H2. The molecule has 0 amide bonds. The largest absolute Gasteiger partial charge is 0.377 e. The second-order valence-corrected chi connectivity index (χ2v) is 6.42. The summed E-state index contributed by atoms with van der Waals surface area (Å²) in [6.45, 7) is 0. The van der Waals surface area contributed by atoms with E-state index in [9.17, 15) is 4.39 Å². The minimum Gasteiger partial charge on any atom is -0.377 e. The van der Waals surface area contributed by atoms with Crippen LogP contribution in [0.15, 0.2) is 46.9 Å². The molecule has 4 heteroatoms. The van der Waals surface area contributed by atoms with Gasteiger partial charge in [0.15, 0.2) is 0 Å². The van der Waals surface area contributed by atoms with Crippen molar-refractivity contribution >= 4 is 33.4 Å². The SMILES string of the molecule is Fc1cc(NC2CSCc3ccccc32)ccc1Br. The Hall–Kier alpha value is -1.00. The van der Waals surface area contributed by atoms with Crippen LogP contribution in [0.3, 0.4) is 0 Å². The molecule has 0 aliphatic carbocycles. The predicted octanol–water partition coefficient (Wildman–Crippen LogP) is 4.99. The quantitative estimate of drug-likeness (QED) is 0.828. The zero-order chi connectivity index (χ0) is 13.2. The minimum absolute atomic E-state index is 0.234. The Morgan fingerprint density at radius 3 is 2.89 bits per heavy atom. The molecule has 0 fully saturated rings. The summed E-state index contributed by atoms with van der Waals surface area (Å²) >= 11 is 5.08. The lowest BCUT2D eigenvalue weighted by Crippen LogP contribution is -2.18. The van der Waals surface area contributed by atoms with Gasteiger partial charge in [0.1, 0.15) is 5.82 Å². The van der Waals surface area contributed by atoms with Crippen molar-refractivity contribution in [3.63, 3.8) is 0 Å². The van der Waals surface area contributed by atoms with Crippen LogP contribution in [0.5, 0.6) is 0 Å². The van der Waals surface area contributed by atoms with Crippen LogP contribution >= 0.6 is 27.7 Å². The van der Waals surface area contributed by atoms with E-state index in [1.807, 2.05) is 17.8 Å². The first-order valence-electron chi connectivity index (χ1n) is 6.11. The van der Waals surface area contributed by atoms with E-state index in [1.54, 1.807) is 6.07 Å². The van der Waals surface area contributed by atoms with E-state index >= 15 is 0 Å². The maximum absolute atomic E-state index is 13.5. The monoisotopic (exact) mass is 337 g/mol. The maximum atomic E-state index is 13.5. The third-order valence-corrected chi connectivity index (χ3v) is 4.96. The highest BCUT2D eigenvalue weighted by Gasteiger charge is 2.20. The van der Waals surface area contributed by atoms with Crippen LogP contribution in [0.4, 0.5) is 10.1 Å². The molecule has 1 atom stereocenters. The van der Waals surface area contributed by atoms with Crippen molar-refractivity contribution in [3.05, 3.63) is 63.9 Å². The third-order valence-electron chi connectivity index (χ3n) is 3.23. The van der Waals surface area contributed by atoms with Crippen molar-refractivity contribution in [2.24, 2.45) is 0 Å². The molecule has 1 heterocycles. The lowest BCUT2D eigenvalue weighted by molar-refractivity contribution is 0.621. The van der Waals surface area contributed by atoms with Gasteiger partial charge in [-0.05, 0) is 45.3 Å². The molecule has 1 unspecified atom stereocenters. The van der Waals surface area contributed by atoms with E-state index in [1.165, 1.54) is 17.2 Å². The number of rotatable bonds is 2. The van der Waals surface area contributed by atoms with Gasteiger partial charge in [-0.2, -0.15) is 11.8 Å². The molecule has 0 bridgehead atoms. The van der Waals surface area contributed by atoms with E-state index in [2.05, 4.69) is 45.5 Å².